The third-order valence-corrected chi connectivity index (χ3v) is 2.67. The SMILES string of the molecule is Cn1c(CO)nnc1C1CCCOC1. The molecular formula is C9H15N3O2. The van der Waals surface area contributed by atoms with Gasteiger partial charge in [-0.2, -0.15) is 0 Å². The molecule has 1 unspecified atom stereocenters. The van der Waals surface area contributed by atoms with Crippen molar-refractivity contribution in [1.29, 1.82) is 0 Å². The van der Waals surface area contributed by atoms with E-state index in [1.807, 2.05) is 11.6 Å². The summed E-state index contributed by atoms with van der Waals surface area (Å²) >= 11 is 0. The van der Waals surface area contributed by atoms with E-state index >= 15 is 0 Å². The molecule has 1 N–H and O–H groups in total. The van der Waals surface area contributed by atoms with Gasteiger partial charge in [0.1, 0.15) is 12.4 Å². The minimum atomic E-state index is -0.0585. The van der Waals surface area contributed by atoms with Gasteiger partial charge in [0.2, 0.25) is 0 Å². The third kappa shape index (κ3) is 1.65. The average molecular weight is 197 g/mol. The Balaban J connectivity index is 2.18. The summed E-state index contributed by atoms with van der Waals surface area (Å²) in [6.07, 6.45) is 2.17. The van der Waals surface area contributed by atoms with Crippen molar-refractivity contribution in [3.8, 4) is 0 Å². The summed E-state index contributed by atoms with van der Waals surface area (Å²) in [5, 5.41) is 17.0. The Kier molecular flexibility index (Phi) is 2.79. The van der Waals surface area contributed by atoms with Crippen LogP contribution in [0.2, 0.25) is 0 Å². The van der Waals surface area contributed by atoms with Crippen molar-refractivity contribution < 1.29 is 9.84 Å². The maximum atomic E-state index is 8.98. The van der Waals surface area contributed by atoms with Gasteiger partial charge in [0.05, 0.1) is 6.61 Å². The highest BCUT2D eigenvalue weighted by atomic mass is 16.5. The topological polar surface area (TPSA) is 60.2 Å². The molecule has 1 aromatic rings. The largest absolute Gasteiger partial charge is 0.388 e. The van der Waals surface area contributed by atoms with E-state index in [9.17, 15) is 0 Å². The fraction of sp³-hybridized carbons (Fsp3) is 0.778. The van der Waals surface area contributed by atoms with Gasteiger partial charge in [-0.25, -0.2) is 0 Å². The molecule has 0 bridgehead atoms. The summed E-state index contributed by atoms with van der Waals surface area (Å²) in [6, 6.07) is 0. The van der Waals surface area contributed by atoms with Gasteiger partial charge in [-0.05, 0) is 12.8 Å². The molecule has 0 spiro atoms. The average Bonchev–Trinajstić information content (AvgIpc) is 2.61. The minimum absolute atomic E-state index is 0.0585. The van der Waals surface area contributed by atoms with E-state index in [1.54, 1.807) is 0 Å². The van der Waals surface area contributed by atoms with Gasteiger partial charge in [0.15, 0.2) is 5.82 Å². The van der Waals surface area contributed by atoms with Crippen LogP contribution in [-0.2, 0) is 18.4 Å². The van der Waals surface area contributed by atoms with E-state index in [4.69, 9.17) is 9.84 Å². The first-order valence-electron chi connectivity index (χ1n) is 4.89. The summed E-state index contributed by atoms with van der Waals surface area (Å²) < 4.78 is 7.25. The Hall–Kier alpha value is -0.940. The molecule has 5 heteroatoms. The third-order valence-electron chi connectivity index (χ3n) is 2.67. The van der Waals surface area contributed by atoms with Crippen molar-refractivity contribution in [3.05, 3.63) is 11.6 Å². The zero-order chi connectivity index (χ0) is 9.97. The molecule has 1 aromatic heterocycles. The fourth-order valence-electron chi connectivity index (χ4n) is 1.81. The van der Waals surface area contributed by atoms with Crippen LogP contribution < -0.4 is 0 Å². The number of nitrogens with zero attached hydrogens (tertiary/aromatic N) is 3. The Morgan fingerprint density at radius 1 is 1.57 bits per heavy atom. The van der Waals surface area contributed by atoms with Crippen LogP contribution in [0.5, 0.6) is 0 Å². The van der Waals surface area contributed by atoms with Crippen LogP contribution in [0.1, 0.15) is 30.4 Å². The number of ether oxygens (including phenoxy) is 1. The molecule has 2 heterocycles. The second-order valence-corrected chi connectivity index (χ2v) is 3.61. The quantitative estimate of drug-likeness (QED) is 0.735. The molecule has 0 amide bonds. The van der Waals surface area contributed by atoms with Crippen LogP contribution in [0.15, 0.2) is 0 Å². The minimum Gasteiger partial charge on any atom is -0.388 e. The summed E-state index contributed by atoms with van der Waals surface area (Å²) in [5.74, 6) is 1.88. The molecular weight excluding hydrogens is 182 g/mol. The maximum absolute atomic E-state index is 8.98. The molecule has 0 aliphatic carbocycles. The number of hydrogen-bond acceptors (Lipinski definition) is 4. The summed E-state index contributed by atoms with van der Waals surface area (Å²) in [7, 11) is 1.88. The number of rotatable bonds is 2. The first-order chi connectivity index (χ1) is 6.83. The second kappa shape index (κ2) is 4.06. The van der Waals surface area contributed by atoms with Crippen LogP contribution in [-0.4, -0.2) is 33.1 Å². The lowest BCUT2D eigenvalue weighted by atomic mass is 10.0. The van der Waals surface area contributed by atoms with Crippen molar-refractivity contribution in [2.45, 2.75) is 25.4 Å². The molecule has 1 fully saturated rings. The molecule has 1 atom stereocenters. The molecule has 5 nitrogen and oxygen atoms in total. The molecule has 0 radical (unpaired) electrons. The van der Waals surface area contributed by atoms with Crippen LogP contribution in [0.3, 0.4) is 0 Å². The van der Waals surface area contributed by atoms with Crippen molar-refractivity contribution >= 4 is 0 Å². The van der Waals surface area contributed by atoms with E-state index < -0.39 is 0 Å². The van der Waals surface area contributed by atoms with Gasteiger partial charge in [-0.3, -0.25) is 0 Å². The number of aromatic nitrogens is 3. The van der Waals surface area contributed by atoms with Crippen LogP contribution >= 0.6 is 0 Å². The standard InChI is InChI=1S/C9H15N3O2/c1-12-8(5-13)10-11-9(12)7-3-2-4-14-6-7/h7,13H,2-6H2,1H3. The number of aliphatic hydroxyl groups is 1. The molecule has 1 saturated heterocycles. The van der Waals surface area contributed by atoms with Gasteiger partial charge in [-0.15, -0.1) is 10.2 Å². The lowest BCUT2D eigenvalue weighted by molar-refractivity contribution is 0.0770. The van der Waals surface area contributed by atoms with Gasteiger partial charge >= 0.3 is 0 Å². The molecule has 0 saturated carbocycles. The summed E-state index contributed by atoms with van der Waals surface area (Å²) in [6.45, 7) is 1.51. The highest BCUT2D eigenvalue weighted by molar-refractivity contribution is 5.01. The van der Waals surface area contributed by atoms with E-state index in [0.29, 0.717) is 11.7 Å². The zero-order valence-corrected chi connectivity index (χ0v) is 8.31. The van der Waals surface area contributed by atoms with Crippen LogP contribution in [0, 0.1) is 0 Å². The lowest BCUT2D eigenvalue weighted by Gasteiger charge is -2.21. The van der Waals surface area contributed by atoms with Crippen LogP contribution in [0.25, 0.3) is 0 Å². The van der Waals surface area contributed by atoms with Crippen LogP contribution in [0.4, 0.5) is 0 Å². The van der Waals surface area contributed by atoms with E-state index in [1.165, 1.54) is 0 Å². The smallest absolute Gasteiger partial charge is 0.158 e. The molecule has 2 rings (SSSR count). The summed E-state index contributed by atoms with van der Waals surface area (Å²) in [4.78, 5) is 0. The predicted octanol–water partition coefficient (Wildman–Crippen LogP) is 0.201. The van der Waals surface area contributed by atoms with E-state index in [0.717, 1.165) is 31.9 Å². The molecule has 1 aliphatic rings. The molecule has 78 valence electrons. The van der Waals surface area contributed by atoms with Gasteiger partial charge < -0.3 is 14.4 Å². The second-order valence-electron chi connectivity index (χ2n) is 3.61. The Labute approximate surface area is 82.7 Å². The predicted molar refractivity (Wildman–Crippen MR) is 49.7 cm³/mol. The number of hydrogen-bond donors (Lipinski definition) is 1. The van der Waals surface area contributed by atoms with Crippen molar-refractivity contribution in [3.63, 3.8) is 0 Å². The molecule has 1 aliphatic heterocycles. The van der Waals surface area contributed by atoms with Crippen molar-refractivity contribution in [2.24, 2.45) is 7.05 Å². The Morgan fingerprint density at radius 2 is 2.43 bits per heavy atom. The zero-order valence-electron chi connectivity index (χ0n) is 8.31. The highest BCUT2D eigenvalue weighted by Gasteiger charge is 2.21. The number of aliphatic hydroxyl groups excluding tert-OH is 1. The molecule has 0 aromatic carbocycles. The summed E-state index contributed by atoms with van der Waals surface area (Å²) in [5.41, 5.74) is 0. The first-order valence-corrected chi connectivity index (χ1v) is 4.89. The fourth-order valence-corrected chi connectivity index (χ4v) is 1.81. The lowest BCUT2D eigenvalue weighted by Crippen LogP contribution is -2.19. The van der Waals surface area contributed by atoms with Gasteiger partial charge in [0, 0.05) is 19.6 Å². The Bertz CT molecular complexity index is 305. The van der Waals surface area contributed by atoms with E-state index in [-0.39, 0.29) is 6.61 Å². The van der Waals surface area contributed by atoms with Crippen molar-refractivity contribution in [1.82, 2.24) is 14.8 Å². The molecule has 14 heavy (non-hydrogen) atoms. The van der Waals surface area contributed by atoms with Gasteiger partial charge in [0.25, 0.3) is 0 Å². The normalized spacial score (nSPS) is 22.6. The van der Waals surface area contributed by atoms with Crippen molar-refractivity contribution in [2.75, 3.05) is 13.2 Å². The monoisotopic (exact) mass is 197 g/mol. The Morgan fingerprint density at radius 3 is 3.00 bits per heavy atom. The first kappa shape index (κ1) is 9.61. The van der Waals surface area contributed by atoms with E-state index in [2.05, 4.69) is 10.2 Å². The van der Waals surface area contributed by atoms with Gasteiger partial charge in [-0.1, -0.05) is 0 Å². The maximum Gasteiger partial charge on any atom is 0.158 e. The highest BCUT2D eigenvalue weighted by Crippen LogP contribution is 2.23.